The summed E-state index contributed by atoms with van der Waals surface area (Å²) in [6.07, 6.45) is 1.44. The molecule has 0 saturated carbocycles. The Kier molecular flexibility index (Phi) is 10.1. The van der Waals surface area contributed by atoms with Crippen LogP contribution in [-0.2, 0) is 23.9 Å². The standard InChI is InChI=1S/C16H27N3O6/c1-5-8-25-12(20)7-6-11(17)14(21)19-13(9(2)3)15(22)18-10(4)16(23)24/h5,9-11,13H,1,6-8,17H2,2-4H3,(H,18,22)(H,19,21)(H,23,24)/t10-,11-,13-/m0/s1. The van der Waals surface area contributed by atoms with Crippen molar-refractivity contribution in [2.45, 2.75) is 51.7 Å². The van der Waals surface area contributed by atoms with Gasteiger partial charge in [0.2, 0.25) is 11.8 Å². The number of nitrogens with two attached hydrogens (primary N) is 1. The number of hydrogen-bond donors (Lipinski definition) is 4. The Hall–Kier alpha value is -2.42. The van der Waals surface area contributed by atoms with Crippen molar-refractivity contribution in [1.29, 1.82) is 0 Å². The second-order valence-electron chi connectivity index (χ2n) is 5.92. The number of ether oxygens (including phenoxy) is 1. The highest BCUT2D eigenvalue weighted by molar-refractivity contribution is 5.91. The van der Waals surface area contributed by atoms with Crippen molar-refractivity contribution in [3.63, 3.8) is 0 Å². The second-order valence-corrected chi connectivity index (χ2v) is 5.92. The molecule has 142 valence electrons. The first-order chi connectivity index (χ1) is 11.6. The Balaban J connectivity index is 4.62. The molecule has 3 atom stereocenters. The van der Waals surface area contributed by atoms with Crippen LogP contribution >= 0.6 is 0 Å². The lowest BCUT2D eigenvalue weighted by atomic mass is 10.0. The van der Waals surface area contributed by atoms with Gasteiger partial charge in [0.25, 0.3) is 0 Å². The summed E-state index contributed by atoms with van der Waals surface area (Å²) in [5.74, 6) is -3.19. The van der Waals surface area contributed by atoms with Crippen LogP contribution < -0.4 is 16.4 Å². The first kappa shape index (κ1) is 22.6. The number of esters is 1. The van der Waals surface area contributed by atoms with Gasteiger partial charge in [0.05, 0.1) is 6.04 Å². The van der Waals surface area contributed by atoms with Crippen molar-refractivity contribution in [2.75, 3.05) is 6.61 Å². The number of hydrogen-bond acceptors (Lipinski definition) is 6. The van der Waals surface area contributed by atoms with Gasteiger partial charge in [0, 0.05) is 6.42 Å². The van der Waals surface area contributed by atoms with Crippen LogP contribution in [0.15, 0.2) is 12.7 Å². The maximum absolute atomic E-state index is 12.1. The van der Waals surface area contributed by atoms with E-state index < -0.39 is 41.9 Å². The van der Waals surface area contributed by atoms with E-state index in [1.165, 1.54) is 13.0 Å². The van der Waals surface area contributed by atoms with Gasteiger partial charge in [-0.25, -0.2) is 0 Å². The van der Waals surface area contributed by atoms with Gasteiger partial charge < -0.3 is 26.2 Å². The van der Waals surface area contributed by atoms with Crippen molar-refractivity contribution in [3.05, 3.63) is 12.7 Å². The summed E-state index contributed by atoms with van der Waals surface area (Å²) < 4.78 is 4.78. The Labute approximate surface area is 147 Å². The number of amides is 2. The molecule has 25 heavy (non-hydrogen) atoms. The summed E-state index contributed by atoms with van der Waals surface area (Å²) in [5.41, 5.74) is 5.73. The molecule has 0 saturated heterocycles. The van der Waals surface area contributed by atoms with Crippen LogP contribution in [0.5, 0.6) is 0 Å². The maximum atomic E-state index is 12.1. The van der Waals surface area contributed by atoms with E-state index in [4.69, 9.17) is 15.6 Å². The molecule has 0 aliphatic heterocycles. The van der Waals surface area contributed by atoms with Crippen molar-refractivity contribution in [3.8, 4) is 0 Å². The normalized spacial score (nSPS) is 14.1. The summed E-state index contributed by atoms with van der Waals surface area (Å²) in [6.45, 7) is 8.22. The molecule has 0 spiro atoms. The molecule has 9 nitrogen and oxygen atoms in total. The van der Waals surface area contributed by atoms with Gasteiger partial charge in [-0.1, -0.05) is 26.5 Å². The fraction of sp³-hybridized carbons (Fsp3) is 0.625. The minimum absolute atomic E-state index is 0.0446. The van der Waals surface area contributed by atoms with Crippen LogP contribution in [0, 0.1) is 5.92 Å². The Bertz CT molecular complexity index is 506. The molecule has 0 aromatic rings. The summed E-state index contributed by atoms with van der Waals surface area (Å²) in [4.78, 5) is 46.4. The molecule has 9 heteroatoms. The number of carboxylic acid groups (broad SMARTS) is 1. The summed E-state index contributed by atoms with van der Waals surface area (Å²) in [5, 5.41) is 13.6. The van der Waals surface area contributed by atoms with Crippen LogP contribution in [0.3, 0.4) is 0 Å². The number of nitrogens with one attached hydrogen (secondary N) is 2. The summed E-state index contributed by atoms with van der Waals surface area (Å²) in [6, 6.07) is -3.02. The zero-order valence-electron chi connectivity index (χ0n) is 14.8. The molecule has 2 amide bonds. The van der Waals surface area contributed by atoms with E-state index in [0.29, 0.717) is 0 Å². The highest BCUT2D eigenvalue weighted by Crippen LogP contribution is 2.05. The molecular formula is C16H27N3O6. The summed E-state index contributed by atoms with van der Waals surface area (Å²) >= 11 is 0. The van der Waals surface area contributed by atoms with E-state index in [1.54, 1.807) is 13.8 Å². The van der Waals surface area contributed by atoms with E-state index in [2.05, 4.69) is 17.2 Å². The van der Waals surface area contributed by atoms with Gasteiger partial charge in [-0.3, -0.25) is 19.2 Å². The molecule has 0 fully saturated rings. The van der Waals surface area contributed by atoms with Crippen molar-refractivity contribution >= 4 is 23.8 Å². The van der Waals surface area contributed by atoms with Gasteiger partial charge in [-0.15, -0.1) is 0 Å². The highest BCUT2D eigenvalue weighted by atomic mass is 16.5. The quantitative estimate of drug-likeness (QED) is 0.289. The Morgan fingerprint density at radius 3 is 2.24 bits per heavy atom. The van der Waals surface area contributed by atoms with Crippen LogP contribution in [0.25, 0.3) is 0 Å². The molecule has 0 aromatic carbocycles. The van der Waals surface area contributed by atoms with E-state index >= 15 is 0 Å². The van der Waals surface area contributed by atoms with Crippen LogP contribution in [0.2, 0.25) is 0 Å². The molecule has 0 aromatic heterocycles. The average Bonchev–Trinajstić information content (AvgIpc) is 2.54. The van der Waals surface area contributed by atoms with Crippen molar-refractivity contribution < 1.29 is 29.0 Å². The highest BCUT2D eigenvalue weighted by Gasteiger charge is 2.28. The third-order valence-electron chi connectivity index (χ3n) is 3.33. The first-order valence-corrected chi connectivity index (χ1v) is 7.95. The van der Waals surface area contributed by atoms with Gasteiger partial charge >= 0.3 is 11.9 Å². The molecule has 0 aliphatic carbocycles. The number of rotatable bonds is 11. The molecule has 0 radical (unpaired) electrons. The molecule has 0 aliphatic rings. The zero-order valence-corrected chi connectivity index (χ0v) is 14.8. The Morgan fingerprint density at radius 1 is 1.16 bits per heavy atom. The van der Waals surface area contributed by atoms with E-state index in [1.807, 2.05) is 0 Å². The molecular weight excluding hydrogens is 330 g/mol. The van der Waals surface area contributed by atoms with E-state index in [0.717, 1.165) is 0 Å². The largest absolute Gasteiger partial charge is 0.480 e. The molecule has 0 bridgehead atoms. The lowest BCUT2D eigenvalue weighted by molar-refractivity contribution is -0.142. The average molecular weight is 357 g/mol. The van der Waals surface area contributed by atoms with Gasteiger partial charge in [-0.2, -0.15) is 0 Å². The lowest BCUT2D eigenvalue weighted by Crippen LogP contribution is -2.55. The van der Waals surface area contributed by atoms with Gasteiger partial charge in [0.1, 0.15) is 18.7 Å². The predicted molar refractivity (Wildman–Crippen MR) is 90.4 cm³/mol. The predicted octanol–water partition coefficient (Wildman–Crippen LogP) is -0.447. The van der Waals surface area contributed by atoms with E-state index in [9.17, 15) is 19.2 Å². The number of carbonyl (C=O) groups excluding carboxylic acids is 3. The van der Waals surface area contributed by atoms with Crippen molar-refractivity contribution in [2.24, 2.45) is 11.7 Å². The Morgan fingerprint density at radius 2 is 1.76 bits per heavy atom. The van der Waals surface area contributed by atoms with E-state index in [-0.39, 0.29) is 25.4 Å². The first-order valence-electron chi connectivity index (χ1n) is 7.95. The third kappa shape index (κ3) is 8.85. The third-order valence-corrected chi connectivity index (χ3v) is 3.33. The van der Waals surface area contributed by atoms with Crippen molar-refractivity contribution in [1.82, 2.24) is 10.6 Å². The lowest BCUT2D eigenvalue weighted by Gasteiger charge is -2.24. The second kappa shape index (κ2) is 11.2. The van der Waals surface area contributed by atoms with Crippen LogP contribution in [-0.4, -0.2) is 53.6 Å². The SMILES string of the molecule is C=CCOC(=O)CC[C@H](N)C(=O)N[C@H](C(=O)N[C@@H](C)C(=O)O)C(C)C. The minimum Gasteiger partial charge on any atom is -0.480 e. The van der Waals surface area contributed by atoms with Gasteiger partial charge in [-0.05, 0) is 19.3 Å². The fourth-order valence-corrected chi connectivity index (χ4v) is 1.79. The minimum atomic E-state index is -1.18. The smallest absolute Gasteiger partial charge is 0.325 e. The number of aliphatic carboxylic acids is 1. The number of carbonyl (C=O) groups is 4. The zero-order chi connectivity index (χ0) is 19.6. The van der Waals surface area contributed by atoms with Crippen LogP contribution in [0.1, 0.15) is 33.6 Å². The molecule has 0 unspecified atom stereocenters. The van der Waals surface area contributed by atoms with Gasteiger partial charge in [0.15, 0.2) is 0 Å². The summed E-state index contributed by atoms with van der Waals surface area (Å²) in [7, 11) is 0. The molecule has 0 rings (SSSR count). The monoisotopic (exact) mass is 357 g/mol. The topological polar surface area (TPSA) is 148 Å². The molecule has 0 heterocycles. The fourth-order valence-electron chi connectivity index (χ4n) is 1.79. The maximum Gasteiger partial charge on any atom is 0.325 e. The van der Waals surface area contributed by atoms with Crippen LogP contribution in [0.4, 0.5) is 0 Å². The molecule has 5 N–H and O–H groups in total. The number of carboxylic acids is 1.